The van der Waals surface area contributed by atoms with E-state index in [1.54, 1.807) is 6.20 Å². The van der Waals surface area contributed by atoms with Gasteiger partial charge in [-0.25, -0.2) is 4.98 Å². The van der Waals surface area contributed by atoms with Gasteiger partial charge in [-0.3, -0.25) is 0 Å². The first-order chi connectivity index (χ1) is 6.34. The lowest BCUT2D eigenvalue weighted by atomic mass is 10.3. The van der Waals surface area contributed by atoms with Crippen LogP contribution < -0.4 is 10.1 Å². The molecule has 1 atom stereocenters. The number of hydrogen-bond donors (Lipinski definition) is 1. The van der Waals surface area contributed by atoms with Gasteiger partial charge in [0.25, 0.3) is 0 Å². The van der Waals surface area contributed by atoms with E-state index in [-0.39, 0.29) is 0 Å². The Hall–Kier alpha value is -1.09. The summed E-state index contributed by atoms with van der Waals surface area (Å²) in [6, 6.07) is 3.94. The SMILES string of the molecule is Cc1ccnc(OC2CCNC2)c1. The van der Waals surface area contributed by atoms with E-state index in [2.05, 4.69) is 10.3 Å². The van der Waals surface area contributed by atoms with E-state index in [0.717, 1.165) is 25.4 Å². The molecule has 1 aliphatic heterocycles. The lowest BCUT2D eigenvalue weighted by molar-refractivity contribution is 0.214. The number of aryl methyl sites for hydroxylation is 1. The molecule has 1 aliphatic rings. The van der Waals surface area contributed by atoms with Gasteiger partial charge in [0.2, 0.25) is 5.88 Å². The second-order valence-electron chi connectivity index (χ2n) is 3.40. The molecule has 0 radical (unpaired) electrons. The number of aromatic nitrogens is 1. The smallest absolute Gasteiger partial charge is 0.213 e. The number of hydrogen-bond acceptors (Lipinski definition) is 3. The van der Waals surface area contributed by atoms with Crippen LogP contribution in [0.1, 0.15) is 12.0 Å². The van der Waals surface area contributed by atoms with Crippen molar-refractivity contribution in [3.63, 3.8) is 0 Å². The van der Waals surface area contributed by atoms with Gasteiger partial charge >= 0.3 is 0 Å². The van der Waals surface area contributed by atoms with Crippen LogP contribution in [-0.4, -0.2) is 24.2 Å². The number of ether oxygens (including phenoxy) is 1. The monoisotopic (exact) mass is 178 g/mol. The lowest BCUT2D eigenvalue weighted by Crippen LogP contribution is -2.20. The highest BCUT2D eigenvalue weighted by molar-refractivity contribution is 5.19. The Morgan fingerprint density at radius 2 is 2.54 bits per heavy atom. The van der Waals surface area contributed by atoms with Crippen molar-refractivity contribution in [2.24, 2.45) is 0 Å². The van der Waals surface area contributed by atoms with E-state index < -0.39 is 0 Å². The number of nitrogens with one attached hydrogen (secondary N) is 1. The Balaban J connectivity index is 2.00. The summed E-state index contributed by atoms with van der Waals surface area (Å²) in [5.74, 6) is 0.744. The summed E-state index contributed by atoms with van der Waals surface area (Å²) in [6.07, 6.45) is 3.16. The molecule has 1 aromatic heterocycles. The van der Waals surface area contributed by atoms with E-state index in [1.165, 1.54) is 5.56 Å². The maximum Gasteiger partial charge on any atom is 0.213 e. The third kappa shape index (κ3) is 2.18. The van der Waals surface area contributed by atoms with Crippen LogP contribution in [0.25, 0.3) is 0 Å². The predicted octanol–water partition coefficient (Wildman–Crippen LogP) is 1.13. The molecule has 3 nitrogen and oxygen atoms in total. The zero-order valence-corrected chi connectivity index (χ0v) is 7.79. The van der Waals surface area contributed by atoms with Crippen LogP contribution in [0.3, 0.4) is 0 Å². The average molecular weight is 178 g/mol. The topological polar surface area (TPSA) is 34.1 Å². The summed E-state index contributed by atoms with van der Waals surface area (Å²) < 4.78 is 5.68. The molecule has 0 bridgehead atoms. The standard InChI is InChI=1S/C10H14N2O/c1-8-2-5-12-10(6-8)13-9-3-4-11-7-9/h2,5-6,9,11H,3-4,7H2,1H3. The molecule has 0 aromatic carbocycles. The number of rotatable bonds is 2. The fourth-order valence-corrected chi connectivity index (χ4v) is 1.47. The highest BCUT2D eigenvalue weighted by Crippen LogP contribution is 2.12. The molecule has 1 unspecified atom stereocenters. The molecule has 3 heteroatoms. The van der Waals surface area contributed by atoms with Crippen molar-refractivity contribution >= 4 is 0 Å². The van der Waals surface area contributed by atoms with Crippen LogP contribution in [0.4, 0.5) is 0 Å². The minimum Gasteiger partial charge on any atom is -0.473 e. The summed E-state index contributed by atoms with van der Waals surface area (Å²) in [5.41, 5.74) is 1.19. The molecule has 1 saturated heterocycles. The summed E-state index contributed by atoms with van der Waals surface area (Å²) in [7, 11) is 0. The van der Waals surface area contributed by atoms with Crippen molar-refractivity contribution in [2.75, 3.05) is 13.1 Å². The Kier molecular flexibility index (Phi) is 2.45. The molecular formula is C10H14N2O. The van der Waals surface area contributed by atoms with Crippen LogP contribution in [0.2, 0.25) is 0 Å². The second kappa shape index (κ2) is 3.75. The highest BCUT2D eigenvalue weighted by atomic mass is 16.5. The lowest BCUT2D eigenvalue weighted by Gasteiger charge is -2.11. The van der Waals surface area contributed by atoms with Crippen LogP contribution in [0.15, 0.2) is 18.3 Å². The van der Waals surface area contributed by atoms with Gasteiger partial charge in [0.05, 0.1) is 0 Å². The van der Waals surface area contributed by atoms with Gasteiger partial charge in [-0.05, 0) is 31.5 Å². The van der Waals surface area contributed by atoms with Crippen LogP contribution >= 0.6 is 0 Å². The molecule has 2 heterocycles. The van der Waals surface area contributed by atoms with Crippen molar-refractivity contribution < 1.29 is 4.74 Å². The highest BCUT2D eigenvalue weighted by Gasteiger charge is 2.15. The fraction of sp³-hybridized carbons (Fsp3) is 0.500. The quantitative estimate of drug-likeness (QED) is 0.737. The summed E-state index contributed by atoms with van der Waals surface area (Å²) in [6.45, 7) is 4.04. The van der Waals surface area contributed by atoms with Gasteiger partial charge < -0.3 is 10.1 Å². The van der Waals surface area contributed by atoms with E-state index >= 15 is 0 Å². The average Bonchev–Trinajstić information content (AvgIpc) is 2.57. The van der Waals surface area contributed by atoms with Gasteiger partial charge in [-0.2, -0.15) is 0 Å². The molecule has 0 amide bonds. The van der Waals surface area contributed by atoms with Crippen LogP contribution in [0.5, 0.6) is 5.88 Å². The van der Waals surface area contributed by atoms with Gasteiger partial charge in [-0.1, -0.05) is 0 Å². The van der Waals surface area contributed by atoms with Gasteiger partial charge in [0.1, 0.15) is 6.10 Å². The minimum atomic E-state index is 0.300. The summed E-state index contributed by atoms with van der Waals surface area (Å²) >= 11 is 0. The van der Waals surface area contributed by atoms with Crippen molar-refractivity contribution in [3.8, 4) is 5.88 Å². The second-order valence-corrected chi connectivity index (χ2v) is 3.40. The molecule has 0 spiro atoms. The molecule has 2 rings (SSSR count). The number of nitrogens with zero attached hydrogens (tertiary/aromatic N) is 1. The third-order valence-electron chi connectivity index (χ3n) is 2.19. The Morgan fingerprint density at radius 3 is 3.23 bits per heavy atom. The van der Waals surface area contributed by atoms with Gasteiger partial charge in [0.15, 0.2) is 0 Å². The first-order valence-corrected chi connectivity index (χ1v) is 4.64. The molecule has 13 heavy (non-hydrogen) atoms. The Morgan fingerprint density at radius 1 is 1.62 bits per heavy atom. The Labute approximate surface area is 78.1 Å². The molecule has 1 aromatic rings. The van der Waals surface area contributed by atoms with Crippen LogP contribution in [-0.2, 0) is 0 Å². The van der Waals surface area contributed by atoms with Crippen molar-refractivity contribution in [1.29, 1.82) is 0 Å². The molecule has 1 fully saturated rings. The predicted molar refractivity (Wildman–Crippen MR) is 50.9 cm³/mol. The van der Waals surface area contributed by atoms with Crippen LogP contribution in [0, 0.1) is 6.92 Å². The largest absolute Gasteiger partial charge is 0.473 e. The molecule has 70 valence electrons. The van der Waals surface area contributed by atoms with E-state index in [1.807, 2.05) is 19.1 Å². The molecule has 0 saturated carbocycles. The molecular weight excluding hydrogens is 164 g/mol. The van der Waals surface area contributed by atoms with Crippen molar-refractivity contribution in [2.45, 2.75) is 19.4 Å². The zero-order chi connectivity index (χ0) is 9.10. The first kappa shape index (κ1) is 8.51. The minimum absolute atomic E-state index is 0.300. The third-order valence-corrected chi connectivity index (χ3v) is 2.19. The Bertz CT molecular complexity index is 282. The first-order valence-electron chi connectivity index (χ1n) is 4.64. The molecule has 0 aliphatic carbocycles. The van der Waals surface area contributed by atoms with Crippen molar-refractivity contribution in [1.82, 2.24) is 10.3 Å². The summed E-state index contributed by atoms with van der Waals surface area (Å²) in [5, 5.41) is 3.25. The maximum atomic E-state index is 5.68. The zero-order valence-electron chi connectivity index (χ0n) is 7.79. The van der Waals surface area contributed by atoms with Gasteiger partial charge in [0, 0.05) is 18.8 Å². The number of pyridine rings is 1. The molecule has 1 N–H and O–H groups in total. The van der Waals surface area contributed by atoms with E-state index in [0.29, 0.717) is 6.10 Å². The van der Waals surface area contributed by atoms with E-state index in [4.69, 9.17) is 4.74 Å². The van der Waals surface area contributed by atoms with Gasteiger partial charge in [-0.15, -0.1) is 0 Å². The maximum absolute atomic E-state index is 5.68. The van der Waals surface area contributed by atoms with E-state index in [9.17, 15) is 0 Å². The van der Waals surface area contributed by atoms with Crippen molar-refractivity contribution in [3.05, 3.63) is 23.9 Å². The normalized spacial score (nSPS) is 21.8. The fourth-order valence-electron chi connectivity index (χ4n) is 1.47. The summed E-state index contributed by atoms with van der Waals surface area (Å²) in [4.78, 5) is 4.15.